The minimum atomic E-state index is 0.887. The largest absolute Gasteiger partial charge is 0.455 e. The minimum Gasteiger partial charge on any atom is -0.455 e. The van der Waals surface area contributed by atoms with Crippen molar-refractivity contribution in [3.05, 3.63) is 218 Å². The highest BCUT2D eigenvalue weighted by Gasteiger charge is 2.26. The lowest BCUT2D eigenvalue weighted by molar-refractivity contribution is 0.670. The van der Waals surface area contributed by atoms with Crippen LogP contribution < -0.4 is 4.90 Å². The molecule has 0 bridgehead atoms. The lowest BCUT2D eigenvalue weighted by Gasteiger charge is -2.31. The topological polar surface area (TPSA) is 21.3 Å². The summed E-state index contributed by atoms with van der Waals surface area (Å²) in [4.78, 5) is 2.51. The fourth-order valence-corrected chi connectivity index (χ4v) is 11.2. The Kier molecular flexibility index (Phi) is 7.78. The number of benzene rings is 10. The average molecular weight is 809 g/mol. The van der Waals surface area contributed by atoms with Gasteiger partial charge in [-0.25, -0.2) is 0 Å². The zero-order valence-corrected chi connectivity index (χ0v) is 34.3. The number of para-hydroxylation sites is 5. The van der Waals surface area contributed by atoms with Gasteiger partial charge >= 0.3 is 0 Å². The number of anilines is 3. The standard InChI is InChI=1S/C58H36N2OS/c1-2-20-40-37(16-1)17-14-31-49(40)60(52-30-10-5-23-43(52)46-26-15-27-47-44-24-6-11-32-54(44)61-57(46)47)53-35-34-48-45-25-7-12-33-55(45)62-58(48)56(53)38-18-13-19-39(36-38)59-50-28-8-3-21-41(50)42-22-4-9-29-51(42)59/h1-36H. The molecule has 0 atom stereocenters. The van der Waals surface area contributed by atoms with Crippen molar-refractivity contribution >= 4 is 103 Å². The maximum Gasteiger partial charge on any atom is 0.143 e. The van der Waals surface area contributed by atoms with Crippen LogP contribution in [0, 0.1) is 0 Å². The molecule has 0 fully saturated rings. The molecule has 0 spiro atoms. The zero-order chi connectivity index (χ0) is 40.7. The number of rotatable bonds is 6. The Hall–Kier alpha value is -7.92. The van der Waals surface area contributed by atoms with Crippen LogP contribution in [0.3, 0.4) is 0 Å². The van der Waals surface area contributed by atoms with Gasteiger partial charge in [0.2, 0.25) is 0 Å². The van der Waals surface area contributed by atoms with E-state index in [1.165, 1.54) is 58.3 Å². The summed E-state index contributed by atoms with van der Waals surface area (Å²) in [5, 5.41) is 9.61. The summed E-state index contributed by atoms with van der Waals surface area (Å²) in [5.41, 5.74) is 13.0. The van der Waals surface area contributed by atoms with Crippen LogP contribution in [0.25, 0.3) is 103 Å². The first kappa shape index (κ1) is 34.9. The SMILES string of the molecule is c1cc(-c2c(N(c3ccccc3-c3cccc4c3oc3ccccc34)c3cccc4ccccc34)ccc3c2sc2ccccc23)cc(-n2c3ccccc3c3ccccc32)c1. The summed E-state index contributed by atoms with van der Waals surface area (Å²) >= 11 is 1.87. The molecule has 0 saturated heterocycles. The van der Waals surface area contributed by atoms with Crippen LogP contribution in [-0.4, -0.2) is 4.57 Å². The number of hydrogen-bond donors (Lipinski definition) is 0. The van der Waals surface area contributed by atoms with Crippen molar-refractivity contribution in [2.24, 2.45) is 0 Å². The van der Waals surface area contributed by atoms with Gasteiger partial charge in [0.15, 0.2) is 0 Å². The normalized spacial score (nSPS) is 11.9. The van der Waals surface area contributed by atoms with Crippen LogP contribution in [0.5, 0.6) is 0 Å². The molecule has 3 nitrogen and oxygen atoms in total. The summed E-state index contributed by atoms with van der Waals surface area (Å²) < 4.78 is 11.7. The molecule has 0 aliphatic heterocycles. The fraction of sp³-hybridized carbons (Fsp3) is 0. The highest BCUT2D eigenvalue weighted by atomic mass is 32.1. The van der Waals surface area contributed by atoms with Crippen LogP contribution >= 0.6 is 11.3 Å². The second-order valence-corrected chi connectivity index (χ2v) is 17.0. The van der Waals surface area contributed by atoms with E-state index >= 15 is 0 Å². The Labute approximate surface area is 361 Å². The molecule has 10 aromatic carbocycles. The summed E-state index contributed by atoms with van der Waals surface area (Å²) in [6.07, 6.45) is 0. The van der Waals surface area contributed by atoms with Gasteiger partial charge in [-0.05, 0) is 65.5 Å². The molecule has 3 heterocycles. The van der Waals surface area contributed by atoms with E-state index in [0.717, 1.165) is 61.4 Å². The lowest BCUT2D eigenvalue weighted by Crippen LogP contribution is -2.13. The Bertz CT molecular complexity index is 3850. The highest BCUT2D eigenvalue weighted by molar-refractivity contribution is 7.26. The number of fused-ring (bicyclic) bond motifs is 10. The van der Waals surface area contributed by atoms with Gasteiger partial charge in [0, 0.05) is 69.5 Å². The van der Waals surface area contributed by atoms with E-state index in [1.807, 2.05) is 17.4 Å². The Morgan fingerprint density at radius 1 is 0.403 bits per heavy atom. The molecule has 0 aliphatic rings. The number of nitrogens with zero attached hydrogens (tertiary/aromatic N) is 2. The summed E-state index contributed by atoms with van der Waals surface area (Å²) in [6, 6.07) is 79.3. The van der Waals surface area contributed by atoms with Crippen molar-refractivity contribution in [1.82, 2.24) is 4.57 Å². The van der Waals surface area contributed by atoms with Crippen LogP contribution in [0.15, 0.2) is 223 Å². The quantitative estimate of drug-likeness (QED) is 0.167. The second-order valence-electron chi connectivity index (χ2n) is 16.0. The number of aromatic nitrogens is 1. The minimum absolute atomic E-state index is 0.887. The molecular weight excluding hydrogens is 773 g/mol. The number of hydrogen-bond acceptors (Lipinski definition) is 3. The highest BCUT2D eigenvalue weighted by Crippen LogP contribution is 2.52. The van der Waals surface area contributed by atoms with Gasteiger partial charge in [-0.2, -0.15) is 0 Å². The average Bonchev–Trinajstić information content (AvgIpc) is 4.02. The van der Waals surface area contributed by atoms with Crippen molar-refractivity contribution in [1.29, 1.82) is 0 Å². The Morgan fingerprint density at radius 3 is 1.87 bits per heavy atom. The van der Waals surface area contributed by atoms with Crippen molar-refractivity contribution in [2.75, 3.05) is 4.90 Å². The molecule has 0 unspecified atom stereocenters. The molecule has 3 aromatic heterocycles. The first-order valence-electron chi connectivity index (χ1n) is 21.1. The van der Waals surface area contributed by atoms with Crippen LogP contribution in [-0.2, 0) is 0 Å². The van der Waals surface area contributed by atoms with Crippen molar-refractivity contribution < 1.29 is 4.42 Å². The molecule has 0 saturated carbocycles. The fourth-order valence-electron chi connectivity index (χ4n) is 9.89. The molecule has 62 heavy (non-hydrogen) atoms. The van der Waals surface area contributed by atoms with Crippen LogP contribution in [0.4, 0.5) is 17.1 Å². The van der Waals surface area contributed by atoms with Gasteiger partial charge in [0.05, 0.1) is 28.1 Å². The Morgan fingerprint density at radius 2 is 1.02 bits per heavy atom. The van der Waals surface area contributed by atoms with E-state index in [0.29, 0.717) is 0 Å². The molecule has 0 aliphatic carbocycles. The Balaban J connectivity index is 1.13. The van der Waals surface area contributed by atoms with E-state index in [4.69, 9.17) is 4.42 Å². The summed E-state index contributed by atoms with van der Waals surface area (Å²) in [5.74, 6) is 0. The van der Waals surface area contributed by atoms with Gasteiger partial charge in [0.1, 0.15) is 11.2 Å². The van der Waals surface area contributed by atoms with E-state index in [2.05, 4.69) is 222 Å². The molecule has 290 valence electrons. The van der Waals surface area contributed by atoms with Gasteiger partial charge < -0.3 is 13.9 Å². The summed E-state index contributed by atoms with van der Waals surface area (Å²) in [7, 11) is 0. The second kappa shape index (κ2) is 13.8. The molecule has 0 radical (unpaired) electrons. The molecule has 4 heteroatoms. The van der Waals surface area contributed by atoms with E-state index < -0.39 is 0 Å². The maximum absolute atomic E-state index is 6.73. The van der Waals surface area contributed by atoms with E-state index in [1.54, 1.807) is 0 Å². The van der Waals surface area contributed by atoms with E-state index in [9.17, 15) is 0 Å². The van der Waals surface area contributed by atoms with E-state index in [-0.39, 0.29) is 0 Å². The van der Waals surface area contributed by atoms with Crippen molar-refractivity contribution in [3.8, 4) is 27.9 Å². The van der Waals surface area contributed by atoms with Crippen molar-refractivity contribution in [3.63, 3.8) is 0 Å². The monoisotopic (exact) mass is 808 g/mol. The third-order valence-electron chi connectivity index (χ3n) is 12.6. The van der Waals surface area contributed by atoms with Gasteiger partial charge in [-0.1, -0.05) is 164 Å². The molecule has 13 rings (SSSR count). The maximum atomic E-state index is 6.73. The van der Waals surface area contributed by atoms with Crippen LogP contribution in [0.1, 0.15) is 0 Å². The zero-order valence-electron chi connectivity index (χ0n) is 33.5. The number of furan rings is 1. The smallest absolute Gasteiger partial charge is 0.143 e. The third-order valence-corrected chi connectivity index (χ3v) is 13.8. The first-order chi connectivity index (χ1) is 30.8. The molecule has 0 amide bonds. The third kappa shape index (κ3) is 5.24. The van der Waals surface area contributed by atoms with Gasteiger partial charge in [-0.3, -0.25) is 0 Å². The molecule has 13 aromatic rings. The lowest BCUT2D eigenvalue weighted by atomic mass is 9.95. The number of thiophene rings is 1. The van der Waals surface area contributed by atoms with Gasteiger partial charge in [-0.15, -0.1) is 11.3 Å². The summed E-state index contributed by atoms with van der Waals surface area (Å²) in [6.45, 7) is 0. The molecular formula is C58H36N2OS. The predicted molar refractivity (Wildman–Crippen MR) is 264 cm³/mol. The van der Waals surface area contributed by atoms with Crippen molar-refractivity contribution in [2.45, 2.75) is 0 Å². The predicted octanol–water partition coefficient (Wildman–Crippen LogP) is 17.0. The molecule has 0 N–H and O–H groups in total. The van der Waals surface area contributed by atoms with Gasteiger partial charge in [0.25, 0.3) is 0 Å². The van der Waals surface area contributed by atoms with Crippen LogP contribution in [0.2, 0.25) is 0 Å². The first-order valence-corrected chi connectivity index (χ1v) is 21.9.